The number of fused-ring (bicyclic) bond motifs is 1. The van der Waals surface area contributed by atoms with E-state index in [1.54, 1.807) is 11.0 Å². The van der Waals surface area contributed by atoms with Crippen molar-refractivity contribution in [2.24, 2.45) is 0 Å². The first-order valence-electron chi connectivity index (χ1n) is 8.19. The molecular formula is C19H18F2N2O2. The summed E-state index contributed by atoms with van der Waals surface area (Å²) >= 11 is 0. The standard InChI is InChI=1S/C19H18F2N2O2/c1-2-9-23-17-7-5-14(10-12(17)4-8-18(23)24)22-19(25)13-3-6-15(20)16(21)11-13/h3,5-7,10-11H,2,4,8-9H2,1H3,(H,22,25). The number of benzene rings is 2. The minimum absolute atomic E-state index is 0.0411. The van der Waals surface area contributed by atoms with Crippen LogP contribution in [0.15, 0.2) is 36.4 Å². The van der Waals surface area contributed by atoms with Gasteiger partial charge in [0.2, 0.25) is 5.91 Å². The lowest BCUT2D eigenvalue weighted by Crippen LogP contribution is -2.35. The molecule has 0 fully saturated rings. The normalized spacial score (nSPS) is 13.6. The van der Waals surface area contributed by atoms with Crippen molar-refractivity contribution < 1.29 is 18.4 Å². The fraction of sp³-hybridized carbons (Fsp3) is 0.263. The summed E-state index contributed by atoms with van der Waals surface area (Å²) in [6.45, 7) is 2.67. The molecule has 1 N–H and O–H groups in total. The third-order valence-corrected chi connectivity index (χ3v) is 4.17. The fourth-order valence-corrected chi connectivity index (χ4v) is 2.95. The first kappa shape index (κ1) is 17.1. The molecule has 1 heterocycles. The molecule has 2 aromatic carbocycles. The van der Waals surface area contributed by atoms with Gasteiger partial charge in [-0.25, -0.2) is 8.78 Å². The van der Waals surface area contributed by atoms with Gasteiger partial charge in [-0.15, -0.1) is 0 Å². The van der Waals surface area contributed by atoms with Crippen LogP contribution in [0.3, 0.4) is 0 Å². The van der Waals surface area contributed by atoms with Crippen LogP contribution in [0.2, 0.25) is 0 Å². The van der Waals surface area contributed by atoms with Crippen LogP contribution in [-0.4, -0.2) is 18.4 Å². The van der Waals surface area contributed by atoms with Crippen molar-refractivity contribution in [3.63, 3.8) is 0 Å². The van der Waals surface area contributed by atoms with Crippen molar-refractivity contribution in [1.82, 2.24) is 0 Å². The number of amides is 2. The van der Waals surface area contributed by atoms with E-state index in [0.717, 1.165) is 29.8 Å². The Kier molecular flexibility index (Phi) is 4.79. The summed E-state index contributed by atoms with van der Waals surface area (Å²) in [6, 6.07) is 8.35. The Bertz CT molecular complexity index is 836. The molecule has 1 aliphatic rings. The SMILES string of the molecule is CCCN1C(=O)CCc2cc(NC(=O)c3ccc(F)c(F)c3)ccc21. The van der Waals surface area contributed by atoms with Gasteiger partial charge in [0.05, 0.1) is 0 Å². The van der Waals surface area contributed by atoms with Crippen LogP contribution in [0, 0.1) is 11.6 Å². The Morgan fingerprint density at radius 1 is 1.12 bits per heavy atom. The van der Waals surface area contributed by atoms with Gasteiger partial charge < -0.3 is 10.2 Å². The molecule has 2 aromatic rings. The lowest BCUT2D eigenvalue weighted by Gasteiger charge is -2.29. The molecule has 0 aliphatic carbocycles. The molecule has 0 unspecified atom stereocenters. The first-order valence-corrected chi connectivity index (χ1v) is 8.19. The lowest BCUT2D eigenvalue weighted by molar-refractivity contribution is -0.118. The third kappa shape index (κ3) is 3.52. The van der Waals surface area contributed by atoms with Crippen molar-refractivity contribution in [3.8, 4) is 0 Å². The van der Waals surface area contributed by atoms with Crippen LogP contribution in [-0.2, 0) is 11.2 Å². The predicted octanol–water partition coefficient (Wildman–Crippen LogP) is 3.91. The number of carbonyl (C=O) groups excluding carboxylic acids is 2. The molecule has 6 heteroatoms. The number of aryl methyl sites for hydroxylation is 1. The molecule has 2 amide bonds. The van der Waals surface area contributed by atoms with Gasteiger partial charge in [-0.05, 0) is 54.8 Å². The number of nitrogens with one attached hydrogen (secondary N) is 1. The second-order valence-electron chi connectivity index (χ2n) is 5.97. The van der Waals surface area contributed by atoms with Crippen molar-refractivity contribution >= 4 is 23.2 Å². The van der Waals surface area contributed by atoms with Crippen molar-refractivity contribution in [2.75, 3.05) is 16.8 Å². The zero-order chi connectivity index (χ0) is 18.0. The maximum atomic E-state index is 13.3. The van der Waals surface area contributed by atoms with Crippen molar-refractivity contribution in [3.05, 3.63) is 59.2 Å². The van der Waals surface area contributed by atoms with Crippen LogP contribution < -0.4 is 10.2 Å². The Morgan fingerprint density at radius 2 is 1.92 bits per heavy atom. The minimum Gasteiger partial charge on any atom is -0.322 e. The van der Waals surface area contributed by atoms with Gasteiger partial charge >= 0.3 is 0 Å². The Balaban J connectivity index is 1.81. The molecule has 0 spiro atoms. The monoisotopic (exact) mass is 344 g/mol. The summed E-state index contributed by atoms with van der Waals surface area (Å²) in [6.07, 6.45) is 1.91. The zero-order valence-corrected chi connectivity index (χ0v) is 13.8. The summed E-state index contributed by atoms with van der Waals surface area (Å²) in [5.74, 6) is -2.47. The fourth-order valence-electron chi connectivity index (χ4n) is 2.95. The summed E-state index contributed by atoms with van der Waals surface area (Å²) in [5, 5.41) is 2.68. The van der Waals surface area contributed by atoms with Gasteiger partial charge in [0, 0.05) is 29.9 Å². The average Bonchev–Trinajstić information content (AvgIpc) is 2.60. The summed E-state index contributed by atoms with van der Waals surface area (Å²) < 4.78 is 26.2. The van der Waals surface area contributed by atoms with E-state index in [1.165, 1.54) is 6.07 Å². The highest BCUT2D eigenvalue weighted by atomic mass is 19.2. The number of hydrogen-bond acceptors (Lipinski definition) is 2. The quantitative estimate of drug-likeness (QED) is 0.914. The van der Waals surface area contributed by atoms with E-state index in [0.29, 0.717) is 25.1 Å². The van der Waals surface area contributed by atoms with E-state index in [-0.39, 0.29) is 11.5 Å². The van der Waals surface area contributed by atoms with Crippen molar-refractivity contribution in [1.29, 1.82) is 0 Å². The van der Waals surface area contributed by atoms with E-state index in [2.05, 4.69) is 5.32 Å². The van der Waals surface area contributed by atoms with E-state index >= 15 is 0 Å². The number of carbonyl (C=O) groups is 2. The number of rotatable bonds is 4. The molecule has 0 aromatic heterocycles. The maximum Gasteiger partial charge on any atom is 0.255 e. The summed E-state index contributed by atoms with van der Waals surface area (Å²) in [4.78, 5) is 26.0. The van der Waals surface area contributed by atoms with E-state index < -0.39 is 17.5 Å². The Morgan fingerprint density at radius 3 is 2.64 bits per heavy atom. The molecule has 25 heavy (non-hydrogen) atoms. The molecule has 0 saturated carbocycles. The molecule has 4 nitrogen and oxygen atoms in total. The third-order valence-electron chi connectivity index (χ3n) is 4.17. The molecule has 0 atom stereocenters. The van der Waals surface area contributed by atoms with E-state index in [1.807, 2.05) is 19.1 Å². The minimum atomic E-state index is -1.06. The van der Waals surface area contributed by atoms with E-state index in [9.17, 15) is 18.4 Å². The number of hydrogen-bond donors (Lipinski definition) is 1. The Hall–Kier alpha value is -2.76. The summed E-state index contributed by atoms with van der Waals surface area (Å²) in [7, 11) is 0. The predicted molar refractivity (Wildman–Crippen MR) is 91.7 cm³/mol. The molecule has 130 valence electrons. The highest BCUT2D eigenvalue weighted by molar-refractivity contribution is 6.04. The average molecular weight is 344 g/mol. The zero-order valence-electron chi connectivity index (χ0n) is 13.8. The van der Waals surface area contributed by atoms with Crippen LogP contribution in [0.5, 0.6) is 0 Å². The lowest BCUT2D eigenvalue weighted by atomic mass is 10.00. The number of nitrogens with zero attached hydrogens (tertiary/aromatic N) is 1. The van der Waals surface area contributed by atoms with Gasteiger partial charge in [-0.2, -0.15) is 0 Å². The second-order valence-corrected chi connectivity index (χ2v) is 5.97. The summed E-state index contributed by atoms with van der Waals surface area (Å²) in [5.41, 5.74) is 2.44. The molecule has 1 aliphatic heterocycles. The molecule has 0 radical (unpaired) electrons. The van der Waals surface area contributed by atoms with Gasteiger partial charge in [0.25, 0.3) is 5.91 Å². The van der Waals surface area contributed by atoms with Gasteiger partial charge in [0.1, 0.15) is 0 Å². The smallest absolute Gasteiger partial charge is 0.255 e. The van der Waals surface area contributed by atoms with Gasteiger partial charge in [0.15, 0.2) is 11.6 Å². The molecular weight excluding hydrogens is 326 g/mol. The number of anilines is 2. The second kappa shape index (κ2) is 7.01. The van der Waals surface area contributed by atoms with Crippen LogP contribution in [0.25, 0.3) is 0 Å². The van der Waals surface area contributed by atoms with Crippen LogP contribution >= 0.6 is 0 Å². The van der Waals surface area contributed by atoms with Crippen molar-refractivity contribution in [2.45, 2.75) is 26.2 Å². The van der Waals surface area contributed by atoms with Gasteiger partial charge in [-0.3, -0.25) is 9.59 Å². The first-order chi connectivity index (χ1) is 12.0. The largest absolute Gasteiger partial charge is 0.322 e. The highest BCUT2D eigenvalue weighted by Crippen LogP contribution is 2.30. The highest BCUT2D eigenvalue weighted by Gasteiger charge is 2.23. The van der Waals surface area contributed by atoms with Crippen LogP contribution in [0.4, 0.5) is 20.2 Å². The van der Waals surface area contributed by atoms with Gasteiger partial charge in [-0.1, -0.05) is 6.92 Å². The number of halogens is 2. The topological polar surface area (TPSA) is 49.4 Å². The maximum absolute atomic E-state index is 13.3. The van der Waals surface area contributed by atoms with Crippen LogP contribution in [0.1, 0.15) is 35.7 Å². The van der Waals surface area contributed by atoms with E-state index in [4.69, 9.17) is 0 Å². The Labute approximate surface area is 144 Å². The molecule has 3 rings (SSSR count). The molecule has 0 saturated heterocycles. The molecule has 0 bridgehead atoms.